The van der Waals surface area contributed by atoms with Crippen molar-refractivity contribution in [2.24, 2.45) is 5.92 Å². The average molecular weight is 426 g/mol. The zero-order valence-corrected chi connectivity index (χ0v) is 17.0. The van der Waals surface area contributed by atoms with Gasteiger partial charge in [0.25, 0.3) is 0 Å². The van der Waals surface area contributed by atoms with Crippen LogP contribution in [0.1, 0.15) is 39.5 Å². The summed E-state index contributed by atoms with van der Waals surface area (Å²) in [6.07, 6.45) is 3.45. The Balaban J connectivity index is 1.65. The average Bonchev–Trinajstić information content (AvgIpc) is 2.60. The molecule has 2 unspecified atom stereocenters. The SMILES string of the molecule is CC(C)NC(=O)C1CCCC(NC(=O)NCCOc2ccc(Br)cc2)C1. The molecule has 1 aliphatic carbocycles. The molecule has 0 radical (unpaired) electrons. The first-order valence-corrected chi connectivity index (χ1v) is 9.96. The van der Waals surface area contributed by atoms with Crippen LogP contribution in [0, 0.1) is 5.92 Å². The van der Waals surface area contributed by atoms with Crippen LogP contribution in [-0.2, 0) is 4.79 Å². The lowest BCUT2D eigenvalue weighted by molar-refractivity contribution is -0.126. The molecule has 144 valence electrons. The second kappa shape index (κ2) is 10.4. The minimum absolute atomic E-state index is 0.0165. The van der Waals surface area contributed by atoms with Crippen molar-refractivity contribution in [3.63, 3.8) is 0 Å². The lowest BCUT2D eigenvalue weighted by atomic mass is 9.85. The zero-order chi connectivity index (χ0) is 18.9. The highest BCUT2D eigenvalue weighted by atomic mass is 79.9. The van der Waals surface area contributed by atoms with E-state index in [1.165, 1.54) is 0 Å². The lowest BCUT2D eigenvalue weighted by Crippen LogP contribution is -2.47. The highest BCUT2D eigenvalue weighted by molar-refractivity contribution is 9.10. The maximum atomic E-state index is 12.1. The number of hydrogen-bond donors (Lipinski definition) is 3. The fraction of sp³-hybridized carbons (Fsp3) is 0.579. The largest absolute Gasteiger partial charge is 0.492 e. The molecule has 7 heteroatoms. The third-order valence-corrected chi connectivity index (χ3v) is 4.81. The van der Waals surface area contributed by atoms with Gasteiger partial charge in [-0.3, -0.25) is 4.79 Å². The van der Waals surface area contributed by atoms with Crippen molar-refractivity contribution in [1.82, 2.24) is 16.0 Å². The number of urea groups is 1. The van der Waals surface area contributed by atoms with Crippen molar-refractivity contribution in [1.29, 1.82) is 0 Å². The topological polar surface area (TPSA) is 79.5 Å². The van der Waals surface area contributed by atoms with Crippen LogP contribution in [0.2, 0.25) is 0 Å². The van der Waals surface area contributed by atoms with Gasteiger partial charge in [0.05, 0.1) is 6.54 Å². The van der Waals surface area contributed by atoms with Crippen molar-refractivity contribution in [2.75, 3.05) is 13.2 Å². The maximum absolute atomic E-state index is 12.1. The summed E-state index contributed by atoms with van der Waals surface area (Å²) >= 11 is 3.37. The highest BCUT2D eigenvalue weighted by Crippen LogP contribution is 2.24. The van der Waals surface area contributed by atoms with Gasteiger partial charge in [-0.15, -0.1) is 0 Å². The predicted molar refractivity (Wildman–Crippen MR) is 105 cm³/mol. The molecule has 1 saturated carbocycles. The summed E-state index contributed by atoms with van der Waals surface area (Å²) in [6, 6.07) is 7.53. The van der Waals surface area contributed by atoms with Crippen molar-refractivity contribution in [3.8, 4) is 5.75 Å². The summed E-state index contributed by atoms with van der Waals surface area (Å²) in [4.78, 5) is 24.2. The molecule has 1 fully saturated rings. The Hall–Kier alpha value is -1.76. The van der Waals surface area contributed by atoms with E-state index < -0.39 is 0 Å². The van der Waals surface area contributed by atoms with E-state index in [9.17, 15) is 9.59 Å². The fourth-order valence-electron chi connectivity index (χ4n) is 3.06. The van der Waals surface area contributed by atoms with Gasteiger partial charge in [-0.1, -0.05) is 22.4 Å². The van der Waals surface area contributed by atoms with Crippen LogP contribution in [0.4, 0.5) is 4.79 Å². The van der Waals surface area contributed by atoms with Gasteiger partial charge >= 0.3 is 6.03 Å². The molecule has 6 nitrogen and oxygen atoms in total. The molecule has 0 spiro atoms. The second-order valence-electron chi connectivity index (χ2n) is 6.93. The molecule has 0 aliphatic heterocycles. The number of carbonyl (C=O) groups is 2. The Labute approximate surface area is 163 Å². The molecule has 2 atom stereocenters. The first-order chi connectivity index (χ1) is 12.4. The van der Waals surface area contributed by atoms with Crippen LogP contribution >= 0.6 is 15.9 Å². The lowest BCUT2D eigenvalue weighted by Gasteiger charge is -2.29. The van der Waals surface area contributed by atoms with Crippen molar-refractivity contribution >= 4 is 27.9 Å². The zero-order valence-electron chi connectivity index (χ0n) is 15.4. The molecule has 1 aliphatic rings. The van der Waals surface area contributed by atoms with Crippen molar-refractivity contribution in [3.05, 3.63) is 28.7 Å². The summed E-state index contributed by atoms with van der Waals surface area (Å²) in [5, 5.41) is 8.73. The number of benzene rings is 1. The minimum Gasteiger partial charge on any atom is -0.492 e. The van der Waals surface area contributed by atoms with Crippen LogP contribution in [0.3, 0.4) is 0 Å². The number of nitrogens with one attached hydrogen (secondary N) is 3. The first kappa shape index (κ1) is 20.6. The van der Waals surface area contributed by atoms with Gasteiger partial charge in [0, 0.05) is 22.5 Å². The van der Waals surface area contributed by atoms with E-state index in [1.54, 1.807) is 0 Å². The van der Waals surface area contributed by atoms with Gasteiger partial charge in [0.1, 0.15) is 12.4 Å². The molecule has 0 saturated heterocycles. The van der Waals surface area contributed by atoms with Gasteiger partial charge in [-0.05, 0) is 57.4 Å². The Morgan fingerprint density at radius 1 is 1.23 bits per heavy atom. The highest BCUT2D eigenvalue weighted by Gasteiger charge is 2.28. The number of carbonyl (C=O) groups excluding carboxylic acids is 2. The van der Waals surface area contributed by atoms with Crippen LogP contribution in [0.5, 0.6) is 5.75 Å². The minimum atomic E-state index is -0.209. The monoisotopic (exact) mass is 425 g/mol. The van der Waals surface area contributed by atoms with E-state index in [0.29, 0.717) is 19.6 Å². The van der Waals surface area contributed by atoms with Crippen LogP contribution < -0.4 is 20.7 Å². The predicted octanol–water partition coefficient (Wildman–Crippen LogP) is 3.21. The molecule has 0 aromatic heterocycles. The normalized spacial score (nSPS) is 19.7. The van der Waals surface area contributed by atoms with Crippen molar-refractivity contribution in [2.45, 2.75) is 51.6 Å². The maximum Gasteiger partial charge on any atom is 0.315 e. The first-order valence-electron chi connectivity index (χ1n) is 9.17. The number of ether oxygens (including phenoxy) is 1. The summed E-state index contributed by atoms with van der Waals surface area (Å²) in [6.45, 7) is 4.74. The third kappa shape index (κ3) is 7.23. The van der Waals surface area contributed by atoms with Gasteiger partial charge in [0.15, 0.2) is 0 Å². The Bertz CT molecular complexity index is 592. The molecule has 26 heavy (non-hydrogen) atoms. The number of amides is 3. The van der Waals surface area contributed by atoms with Crippen LogP contribution in [0.15, 0.2) is 28.7 Å². The number of hydrogen-bond acceptors (Lipinski definition) is 3. The van der Waals surface area contributed by atoms with Gasteiger partial charge < -0.3 is 20.7 Å². The number of rotatable bonds is 7. The molecule has 2 rings (SSSR count). The summed E-state index contributed by atoms with van der Waals surface area (Å²) < 4.78 is 6.57. The van der Waals surface area contributed by atoms with Gasteiger partial charge in [-0.2, -0.15) is 0 Å². The Morgan fingerprint density at radius 2 is 1.96 bits per heavy atom. The fourth-order valence-corrected chi connectivity index (χ4v) is 3.33. The molecule has 1 aromatic carbocycles. The van der Waals surface area contributed by atoms with Crippen LogP contribution in [-0.4, -0.2) is 37.2 Å². The molecule has 3 N–H and O–H groups in total. The Kier molecular flexibility index (Phi) is 8.22. The molecule has 0 heterocycles. The molecular formula is C19H28BrN3O3. The van der Waals surface area contributed by atoms with Crippen LogP contribution in [0.25, 0.3) is 0 Å². The van der Waals surface area contributed by atoms with E-state index in [4.69, 9.17) is 4.74 Å². The van der Waals surface area contributed by atoms with Gasteiger partial charge in [-0.25, -0.2) is 4.79 Å². The van der Waals surface area contributed by atoms with E-state index >= 15 is 0 Å². The summed E-state index contributed by atoms with van der Waals surface area (Å²) in [5.41, 5.74) is 0. The standard InChI is InChI=1S/C19H28BrN3O3/c1-13(2)22-18(24)14-4-3-5-16(12-14)23-19(25)21-10-11-26-17-8-6-15(20)7-9-17/h6-9,13-14,16H,3-5,10-12H2,1-2H3,(H,22,24)(H2,21,23,25). The van der Waals surface area contributed by atoms with Gasteiger partial charge in [0.2, 0.25) is 5.91 Å². The Morgan fingerprint density at radius 3 is 2.65 bits per heavy atom. The molecule has 3 amide bonds. The van der Waals surface area contributed by atoms with E-state index in [-0.39, 0.29) is 29.9 Å². The molecule has 0 bridgehead atoms. The van der Waals surface area contributed by atoms with E-state index in [1.807, 2.05) is 38.1 Å². The second-order valence-corrected chi connectivity index (χ2v) is 7.84. The third-order valence-electron chi connectivity index (χ3n) is 4.28. The molecule has 1 aromatic rings. The smallest absolute Gasteiger partial charge is 0.315 e. The van der Waals surface area contributed by atoms with Crippen molar-refractivity contribution < 1.29 is 14.3 Å². The quantitative estimate of drug-likeness (QED) is 0.586. The van der Waals surface area contributed by atoms with E-state index in [2.05, 4.69) is 31.9 Å². The number of halogens is 1. The van der Waals surface area contributed by atoms with E-state index in [0.717, 1.165) is 29.5 Å². The summed E-state index contributed by atoms with van der Waals surface area (Å²) in [5.74, 6) is 0.841. The summed E-state index contributed by atoms with van der Waals surface area (Å²) in [7, 11) is 0. The molecular weight excluding hydrogens is 398 g/mol.